The van der Waals surface area contributed by atoms with Crippen molar-refractivity contribution in [2.45, 2.75) is 12.7 Å². The number of carbonyl (C=O) groups excluding carboxylic acids is 2. The van der Waals surface area contributed by atoms with E-state index in [0.29, 0.717) is 29.3 Å². The third kappa shape index (κ3) is 2.37. The van der Waals surface area contributed by atoms with Crippen molar-refractivity contribution >= 4 is 23.1 Å². The maximum absolute atomic E-state index is 13.6. The lowest BCUT2D eigenvalue weighted by atomic mass is 9.94. The minimum atomic E-state index is -0.782. The largest absolute Gasteiger partial charge is 0.493 e. The summed E-state index contributed by atoms with van der Waals surface area (Å²) in [6, 6.07) is 14.4. The molecule has 7 heteroatoms. The van der Waals surface area contributed by atoms with Crippen LogP contribution in [0.2, 0.25) is 0 Å². The lowest BCUT2D eigenvalue weighted by Gasteiger charge is -2.35. The summed E-state index contributed by atoms with van der Waals surface area (Å²) in [7, 11) is 2.96. The summed E-state index contributed by atoms with van der Waals surface area (Å²) in [6.45, 7) is 0.368. The van der Waals surface area contributed by atoms with Gasteiger partial charge in [0.15, 0.2) is 17.7 Å². The first-order valence-electron chi connectivity index (χ1n) is 9.16. The number of rotatable bonds is 4. The summed E-state index contributed by atoms with van der Waals surface area (Å²) in [5, 5.41) is 0. The zero-order chi connectivity index (χ0) is 20.1. The van der Waals surface area contributed by atoms with Crippen LogP contribution in [0.25, 0.3) is 0 Å². The van der Waals surface area contributed by atoms with Gasteiger partial charge in [0.25, 0.3) is 5.91 Å². The number of Topliss-reactive ketones (excluding diaryl/α,β-unsaturated/α-hetero) is 1. The summed E-state index contributed by atoms with van der Waals surface area (Å²) in [5.74, 6) is 0.910. The highest BCUT2D eigenvalue weighted by Gasteiger charge is 2.50. The van der Waals surface area contributed by atoms with Crippen LogP contribution < -0.4 is 19.3 Å². The lowest BCUT2D eigenvalue weighted by molar-refractivity contribution is 0.0868. The molecule has 2 aromatic carbocycles. The van der Waals surface area contributed by atoms with Gasteiger partial charge in [-0.3, -0.25) is 14.5 Å². The van der Waals surface area contributed by atoms with Gasteiger partial charge < -0.3 is 18.8 Å². The van der Waals surface area contributed by atoms with Gasteiger partial charge in [-0.15, -0.1) is 0 Å². The first kappa shape index (κ1) is 17.4. The summed E-state index contributed by atoms with van der Waals surface area (Å²) in [6.07, 6.45) is 0.811. The molecule has 1 unspecified atom stereocenters. The van der Waals surface area contributed by atoms with E-state index in [1.165, 1.54) is 19.1 Å². The van der Waals surface area contributed by atoms with Gasteiger partial charge in [-0.25, -0.2) is 0 Å². The van der Waals surface area contributed by atoms with E-state index in [9.17, 15) is 9.59 Å². The highest BCUT2D eigenvalue weighted by Crippen LogP contribution is 2.47. The van der Waals surface area contributed by atoms with Crippen LogP contribution in [0.3, 0.4) is 0 Å². The quantitative estimate of drug-likeness (QED) is 0.679. The zero-order valence-electron chi connectivity index (χ0n) is 15.9. The van der Waals surface area contributed by atoms with Crippen LogP contribution in [0.4, 0.5) is 11.4 Å². The van der Waals surface area contributed by atoms with Gasteiger partial charge in [0, 0.05) is 5.56 Å². The molecule has 1 amide bonds. The molecule has 1 aromatic heterocycles. The van der Waals surface area contributed by atoms with Crippen molar-refractivity contribution in [3.8, 4) is 11.5 Å². The Bertz CT molecular complexity index is 1120. The van der Waals surface area contributed by atoms with E-state index in [1.807, 2.05) is 35.2 Å². The van der Waals surface area contributed by atoms with Crippen LogP contribution >= 0.6 is 0 Å². The number of furan rings is 1. The molecule has 0 saturated carbocycles. The standard InChI is InChI=1S/C22H18N2O5/c1-27-17-10-9-14-18(20(17)28-2)22(26)24-16-8-4-3-7-15(16)23(21(24)19(14)25)12-13-6-5-11-29-13/h3-11,21H,12H2,1-2H3. The van der Waals surface area contributed by atoms with Crippen molar-refractivity contribution in [2.75, 3.05) is 24.0 Å². The topological polar surface area (TPSA) is 72.2 Å². The first-order chi connectivity index (χ1) is 14.2. The maximum Gasteiger partial charge on any atom is 0.265 e. The summed E-state index contributed by atoms with van der Waals surface area (Å²) >= 11 is 0. The van der Waals surface area contributed by atoms with Crippen LogP contribution in [0, 0.1) is 0 Å². The lowest BCUT2D eigenvalue weighted by Crippen LogP contribution is -2.54. The number of benzene rings is 2. The van der Waals surface area contributed by atoms with Crippen molar-refractivity contribution in [3.05, 3.63) is 71.7 Å². The number of anilines is 2. The molecule has 3 heterocycles. The average molecular weight is 390 g/mol. The van der Waals surface area contributed by atoms with E-state index in [4.69, 9.17) is 13.9 Å². The molecular weight excluding hydrogens is 372 g/mol. The van der Waals surface area contributed by atoms with Crippen molar-refractivity contribution in [2.24, 2.45) is 0 Å². The second-order valence-electron chi connectivity index (χ2n) is 6.83. The Balaban J connectivity index is 1.70. The van der Waals surface area contributed by atoms with Gasteiger partial charge in [-0.2, -0.15) is 0 Å². The number of fused-ring (bicyclic) bond motifs is 4. The van der Waals surface area contributed by atoms with Gasteiger partial charge >= 0.3 is 0 Å². The van der Waals surface area contributed by atoms with E-state index in [-0.39, 0.29) is 23.0 Å². The van der Waals surface area contributed by atoms with Crippen LogP contribution in [-0.2, 0) is 6.54 Å². The van der Waals surface area contributed by atoms with Crippen LogP contribution in [-0.4, -0.2) is 32.1 Å². The van der Waals surface area contributed by atoms with Crippen LogP contribution in [0.1, 0.15) is 26.5 Å². The number of para-hydroxylation sites is 2. The second kappa shape index (κ2) is 6.41. The fourth-order valence-electron chi connectivity index (χ4n) is 4.14. The van der Waals surface area contributed by atoms with Gasteiger partial charge in [0.1, 0.15) is 5.76 Å². The number of methoxy groups -OCH3 is 2. The molecule has 146 valence electrons. The molecule has 1 atom stereocenters. The fourth-order valence-corrected chi connectivity index (χ4v) is 4.14. The first-order valence-corrected chi connectivity index (χ1v) is 9.16. The Hall–Kier alpha value is -3.74. The van der Waals surface area contributed by atoms with E-state index < -0.39 is 6.17 Å². The molecule has 2 aliphatic rings. The van der Waals surface area contributed by atoms with E-state index in [0.717, 1.165) is 5.69 Å². The summed E-state index contributed by atoms with van der Waals surface area (Å²) < 4.78 is 16.3. The number of nitrogens with zero attached hydrogens (tertiary/aromatic N) is 2. The zero-order valence-corrected chi connectivity index (χ0v) is 15.9. The molecule has 0 fully saturated rings. The highest BCUT2D eigenvalue weighted by atomic mass is 16.5. The number of carbonyl (C=O) groups is 2. The Morgan fingerprint density at radius 2 is 1.76 bits per heavy atom. The number of hydrogen-bond donors (Lipinski definition) is 0. The van der Waals surface area contributed by atoms with Gasteiger partial charge in [-0.1, -0.05) is 12.1 Å². The number of amides is 1. The molecular formula is C22H18N2O5. The van der Waals surface area contributed by atoms with Crippen LogP contribution in [0.5, 0.6) is 11.5 Å². The van der Waals surface area contributed by atoms with Crippen molar-refractivity contribution in [3.63, 3.8) is 0 Å². The molecule has 2 aliphatic heterocycles. The number of ketones is 1. The second-order valence-corrected chi connectivity index (χ2v) is 6.83. The van der Waals surface area contributed by atoms with Crippen molar-refractivity contribution in [1.82, 2.24) is 0 Å². The molecule has 29 heavy (non-hydrogen) atoms. The molecule has 0 radical (unpaired) electrons. The summed E-state index contributed by atoms with van der Waals surface area (Å²) in [5.41, 5.74) is 2.03. The number of hydrogen-bond acceptors (Lipinski definition) is 6. The third-order valence-electron chi connectivity index (χ3n) is 5.38. The minimum absolute atomic E-state index is 0.177. The fraction of sp³-hybridized carbons (Fsp3) is 0.182. The van der Waals surface area contributed by atoms with Crippen molar-refractivity contribution < 1.29 is 23.5 Å². The predicted molar refractivity (Wildman–Crippen MR) is 106 cm³/mol. The Morgan fingerprint density at radius 3 is 2.45 bits per heavy atom. The van der Waals surface area contributed by atoms with Gasteiger partial charge in [-0.05, 0) is 36.4 Å². The molecule has 5 rings (SSSR count). The highest BCUT2D eigenvalue weighted by molar-refractivity contribution is 6.27. The smallest absolute Gasteiger partial charge is 0.265 e. The molecule has 0 spiro atoms. The van der Waals surface area contributed by atoms with Crippen molar-refractivity contribution in [1.29, 1.82) is 0 Å². The van der Waals surface area contributed by atoms with E-state index >= 15 is 0 Å². The van der Waals surface area contributed by atoms with E-state index in [1.54, 1.807) is 24.5 Å². The Morgan fingerprint density at radius 1 is 0.966 bits per heavy atom. The molecule has 0 saturated heterocycles. The third-order valence-corrected chi connectivity index (χ3v) is 5.38. The monoisotopic (exact) mass is 390 g/mol. The number of ether oxygens (including phenoxy) is 2. The van der Waals surface area contributed by atoms with Crippen LogP contribution in [0.15, 0.2) is 59.2 Å². The van der Waals surface area contributed by atoms with E-state index in [2.05, 4.69) is 0 Å². The Kier molecular flexibility index (Phi) is 3.84. The maximum atomic E-state index is 13.6. The van der Waals surface area contributed by atoms with Gasteiger partial charge in [0.05, 0.1) is 44.0 Å². The van der Waals surface area contributed by atoms with Gasteiger partial charge in [0.2, 0.25) is 5.78 Å². The molecule has 0 N–H and O–H groups in total. The Labute approximate surface area is 167 Å². The normalized spacial score (nSPS) is 17.1. The SMILES string of the molecule is COc1ccc2c(c1OC)C(=O)N1c3ccccc3N(Cc3ccco3)C1C2=O. The molecule has 7 nitrogen and oxygen atoms in total. The molecule has 0 aliphatic carbocycles. The molecule has 3 aromatic rings. The predicted octanol–water partition coefficient (Wildman–Crippen LogP) is 3.49. The minimum Gasteiger partial charge on any atom is -0.493 e. The summed E-state index contributed by atoms with van der Waals surface area (Å²) in [4.78, 5) is 30.6. The molecule has 0 bridgehead atoms. The average Bonchev–Trinajstić information content (AvgIpc) is 3.38.